The Labute approximate surface area is 231 Å². The Morgan fingerprint density at radius 1 is 0.974 bits per heavy atom. The summed E-state index contributed by atoms with van der Waals surface area (Å²) >= 11 is 12.0. The molecule has 3 aromatic carbocycles. The molecule has 1 amide bonds. The van der Waals surface area contributed by atoms with Crippen LogP contribution in [-0.4, -0.2) is 49.9 Å². The highest BCUT2D eigenvalue weighted by Gasteiger charge is 2.30. The van der Waals surface area contributed by atoms with E-state index in [1.165, 1.54) is 4.31 Å². The van der Waals surface area contributed by atoms with Gasteiger partial charge >= 0.3 is 0 Å². The van der Waals surface area contributed by atoms with Crippen molar-refractivity contribution in [1.82, 2.24) is 9.62 Å². The third-order valence-corrected chi connectivity index (χ3v) is 8.75. The first-order valence-corrected chi connectivity index (χ1v) is 14.2. The summed E-state index contributed by atoms with van der Waals surface area (Å²) in [6.45, 7) is 3.38. The number of nitrogens with zero attached hydrogens (tertiary/aromatic N) is 2. The highest BCUT2D eigenvalue weighted by Crippen LogP contribution is 2.35. The van der Waals surface area contributed by atoms with Crippen LogP contribution in [0, 0.1) is 6.92 Å². The molecule has 5 rings (SSSR count). The summed E-state index contributed by atoms with van der Waals surface area (Å²) in [5, 5.41) is 7.08. The summed E-state index contributed by atoms with van der Waals surface area (Å²) < 4.78 is 33.3. The normalized spacial score (nSPS) is 14.4. The van der Waals surface area contributed by atoms with Gasteiger partial charge < -0.3 is 14.6 Å². The van der Waals surface area contributed by atoms with E-state index in [4.69, 9.17) is 28.2 Å². The molecule has 1 fully saturated rings. The number of hydrogen-bond donors (Lipinski definition) is 2. The van der Waals surface area contributed by atoms with Gasteiger partial charge in [-0.25, -0.2) is 8.42 Å². The minimum atomic E-state index is -3.59. The SMILES string of the molecule is Cc1ccc(S(=O)(=O)N2CCN(c3c(Cl)cccc3NC(=S)NC(=O)c3cc4ccccc4o3)CC2)cc1. The van der Waals surface area contributed by atoms with Gasteiger partial charge in [0.2, 0.25) is 10.0 Å². The number of piperazine rings is 1. The Morgan fingerprint density at radius 2 is 1.68 bits per heavy atom. The van der Waals surface area contributed by atoms with Crippen LogP contribution in [0.5, 0.6) is 0 Å². The second-order valence-corrected chi connectivity index (χ2v) is 11.7. The van der Waals surface area contributed by atoms with Crippen molar-refractivity contribution >= 4 is 67.2 Å². The number of carbonyl (C=O) groups excluding carboxylic acids is 1. The van der Waals surface area contributed by atoms with Crippen LogP contribution in [-0.2, 0) is 10.0 Å². The van der Waals surface area contributed by atoms with Crippen LogP contribution in [0.1, 0.15) is 16.1 Å². The minimum absolute atomic E-state index is 0.0829. The van der Waals surface area contributed by atoms with E-state index < -0.39 is 15.9 Å². The number of benzene rings is 3. The lowest BCUT2D eigenvalue weighted by Gasteiger charge is -2.36. The van der Waals surface area contributed by atoms with E-state index in [0.29, 0.717) is 48.2 Å². The number of thiocarbonyl (C=S) groups is 1. The van der Waals surface area contributed by atoms with Crippen molar-refractivity contribution in [2.45, 2.75) is 11.8 Å². The zero-order valence-corrected chi connectivity index (χ0v) is 22.9. The van der Waals surface area contributed by atoms with E-state index in [-0.39, 0.29) is 15.8 Å². The number of carbonyl (C=O) groups is 1. The summed E-state index contributed by atoms with van der Waals surface area (Å²) in [4.78, 5) is 15.0. The summed E-state index contributed by atoms with van der Waals surface area (Å²) in [6.07, 6.45) is 0. The molecule has 11 heteroatoms. The van der Waals surface area contributed by atoms with Crippen LogP contribution in [0.25, 0.3) is 11.0 Å². The second kappa shape index (κ2) is 10.7. The molecule has 0 bridgehead atoms. The fourth-order valence-electron chi connectivity index (χ4n) is 4.36. The van der Waals surface area contributed by atoms with Crippen LogP contribution in [0.15, 0.2) is 82.1 Å². The number of halogens is 1. The largest absolute Gasteiger partial charge is 0.451 e. The van der Waals surface area contributed by atoms with Gasteiger partial charge in [-0.1, -0.05) is 53.6 Å². The molecule has 1 aliphatic rings. The Morgan fingerprint density at radius 3 is 2.39 bits per heavy atom. The van der Waals surface area contributed by atoms with Gasteiger partial charge in [0.25, 0.3) is 5.91 Å². The number of para-hydroxylation sites is 2. The molecule has 1 aliphatic heterocycles. The lowest BCUT2D eigenvalue weighted by Crippen LogP contribution is -2.49. The smallest absolute Gasteiger partial charge is 0.293 e. The summed E-state index contributed by atoms with van der Waals surface area (Å²) in [7, 11) is -3.59. The van der Waals surface area contributed by atoms with E-state index >= 15 is 0 Å². The van der Waals surface area contributed by atoms with E-state index in [2.05, 4.69) is 10.6 Å². The number of hydrogen-bond acceptors (Lipinski definition) is 6. The maximum absolute atomic E-state index is 13.1. The Kier molecular flexibility index (Phi) is 7.40. The number of anilines is 2. The van der Waals surface area contributed by atoms with E-state index in [0.717, 1.165) is 10.9 Å². The number of aryl methyl sites for hydroxylation is 1. The van der Waals surface area contributed by atoms with Gasteiger partial charge in [-0.2, -0.15) is 4.31 Å². The first-order valence-electron chi connectivity index (χ1n) is 11.9. The zero-order chi connectivity index (χ0) is 26.9. The highest BCUT2D eigenvalue weighted by atomic mass is 35.5. The molecule has 0 aliphatic carbocycles. The molecule has 0 unspecified atom stereocenters. The minimum Gasteiger partial charge on any atom is -0.451 e. The molecule has 196 valence electrons. The molecule has 1 saturated heterocycles. The fraction of sp³-hybridized carbons (Fsp3) is 0.185. The van der Waals surface area contributed by atoms with Crippen molar-refractivity contribution < 1.29 is 17.6 Å². The first-order chi connectivity index (χ1) is 18.2. The molecule has 1 aromatic heterocycles. The van der Waals surface area contributed by atoms with E-state index in [1.54, 1.807) is 54.6 Å². The number of amides is 1. The van der Waals surface area contributed by atoms with Crippen molar-refractivity contribution in [3.8, 4) is 0 Å². The maximum Gasteiger partial charge on any atom is 0.293 e. The molecule has 38 heavy (non-hydrogen) atoms. The monoisotopic (exact) mass is 568 g/mol. The number of furan rings is 1. The van der Waals surface area contributed by atoms with Crippen molar-refractivity contribution in [3.05, 3.63) is 89.1 Å². The standard InChI is InChI=1S/C27H25ClN4O4S2/c1-18-9-11-20(12-10-18)38(34,35)32-15-13-31(14-16-32)25-21(28)6-4-7-22(25)29-27(37)30-26(33)24-17-19-5-2-3-8-23(19)36-24/h2-12,17H,13-16H2,1H3,(H2,29,30,33,37). The average Bonchev–Trinajstić information content (AvgIpc) is 3.34. The number of sulfonamides is 1. The molecule has 0 saturated carbocycles. The van der Waals surface area contributed by atoms with Crippen molar-refractivity contribution in [2.75, 3.05) is 36.4 Å². The summed E-state index contributed by atoms with van der Waals surface area (Å²) in [5.74, 6) is -0.329. The van der Waals surface area contributed by atoms with Gasteiger partial charge in [-0.05, 0) is 55.5 Å². The van der Waals surface area contributed by atoms with Crippen LogP contribution in [0.2, 0.25) is 5.02 Å². The molecule has 2 heterocycles. The third-order valence-electron chi connectivity index (χ3n) is 6.32. The van der Waals surface area contributed by atoms with Gasteiger partial charge in [0.1, 0.15) is 5.58 Å². The third kappa shape index (κ3) is 5.39. The average molecular weight is 569 g/mol. The predicted molar refractivity (Wildman–Crippen MR) is 154 cm³/mol. The maximum atomic E-state index is 13.1. The van der Waals surface area contributed by atoms with Gasteiger partial charge in [0.15, 0.2) is 10.9 Å². The number of rotatable bonds is 5. The fourth-order valence-corrected chi connectivity index (χ4v) is 6.28. The Balaban J connectivity index is 1.27. The van der Waals surface area contributed by atoms with Crippen LogP contribution in [0.4, 0.5) is 11.4 Å². The van der Waals surface area contributed by atoms with Crippen LogP contribution >= 0.6 is 23.8 Å². The van der Waals surface area contributed by atoms with Crippen molar-refractivity contribution in [3.63, 3.8) is 0 Å². The molecule has 0 spiro atoms. The van der Waals surface area contributed by atoms with Gasteiger partial charge in [-0.15, -0.1) is 0 Å². The quantitative estimate of drug-likeness (QED) is 0.326. The molecular formula is C27H25ClN4O4S2. The van der Waals surface area contributed by atoms with Crippen LogP contribution < -0.4 is 15.5 Å². The zero-order valence-electron chi connectivity index (χ0n) is 20.5. The molecule has 8 nitrogen and oxygen atoms in total. The topological polar surface area (TPSA) is 94.9 Å². The first kappa shape index (κ1) is 26.2. The summed E-state index contributed by atoms with van der Waals surface area (Å²) in [5.41, 5.74) is 2.89. The van der Waals surface area contributed by atoms with Crippen LogP contribution in [0.3, 0.4) is 0 Å². The summed E-state index contributed by atoms with van der Waals surface area (Å²) in [6, 6.07) is 21.2. The molecule has 2 N–H and O–H groups in total. The Bertz CT molecular complexity index is 1580. The number of fused-ring (bicyclic) bond motifs is 1. The van der Waals surface area contributed by atoms with Crippen molar-refractivity contribution in [1.29, 1.82) is 0 Å². The van der Waals surface area contributed by atoms with Crippen molar-refractivity contribution in [2.24, 2.45) is 0 Å². The second-order valence-electron chi connectivity index (χ2n) is 8.90. The molecule has 0 atom stereocenters. The molecule has 4 aromatic rings. The lowest BCUT2D eigenvalue weighted by atomic mass is 10.2. The van der Waals surface area contributed by atoms with E-state index in [9.17, 15) is 13.2 Å². The predicted octanol–water partition coefficient (Wildman–Crippen LogP) is 5.03. The molecular weight excluding hydrogens is 544 g/mol. The lowest BCUT2D eigenvalue weighted by molar-refractivity contribution is 0.0953. The molecule has 0 radical (unpaired) electrons. The highest BCUT2D eigenvalue weighted by molar-refractivity contribution is 7.89. The van der Waals surface area contributed by atoms with E-state index in [1.807, 2.05) is 30.0 Å². The number of nitrogens with one attached hydrogen (secondary N) is 2. The van der Waals surface area contributed by atoms with Gasteiger partial charge in [0, 0.05) is 31.6 Å². The van der Waals surface area contributed by atoms with Gasteiger partial charge in [-0.3, -0.25) is 10.1 Å². The Hall–Kier alpha value is -3.44. The van der Waals surface area contributed by atoms with Gasteiger partial charge in [0.05, 0.1) is 21.3 Å².